The summed E-state index contributed by atoms with van der Waals surface area (Å²) in [5, 5.41) is 0. The molecule has 1 aliphatic rings. The van der Waals surface area contributed by atoms with Gasteiger partial charge in [0.25, 0.3) is 5.91 Å². The summed E-state index contributed by atoms with van der Waals surface area (Å²) >= 11 is 0. The number of aromatic nitrogens is 1. The summed E-state index contributed by atoms with van der Waals surface area (Å²) in [4.78, 5) is 34.5. The van der Waals surface area contributed by atoms with Crippen molar-refractivity contribution < 1.29 is 14.3 Å². The minimum Gasteiger partial charge on any atom is -0.481 e. The molecule has 0 bridgehead atoms. The van der Waals surface area contributed by atoms with Gasteiger partial charge in [-0.2, -0.15) is 0 Å². The number of methoxy groups -OCH3 is 1. The number of ether oxygens (including phenoxy) is 1. The maximum absolute atomic E-state index is 12.5. The normalized spacial score (nSPS) is 15.2. The molecule has 1 aromatic heterocycles. The van der Waals surface area contributed by atoms with E-state index >= 15 is 0 Å². The van der Waals surface area contributed by atoms with Crippen LogP contribution in [0, 0.1) is 0 Å². The summed E-state index contributed by atoms with van der Waals surface area (Å²) in [6.45, 7) is 8.53. The quantitative estimate of drug-likeness (QED) is 0.767. The Morgan fingerprint density at radius 1 is 1.17 bits per heavy atom. The first-order valence-electron chi connectivity index (χ1n) is 8.38. The zero-order valence-electron chi connectivity index (χ0n) is 14.7. The van der Waals surface area contributed by atoms with Gasteiger partial charge in [-0.1, -0.05) is 0 Å². The van der Waals surface area contributed by atoms with Crippen molar-refractivity contribution in [1.29, 1.82) is 0 Å². The lowest BCUT2D eigenvalue weighted by Gasteiger charge is -2.35. The summed E-state index contributed by atoms with van der Waals surface area (Å²) in [7, 11) is 1.54. The van der Waals surface area contributed by atoms with Crippen molar-refractivity contribution in [2.24, 2.45) is 0 Å². The second kappa shape index (κ2) is 8.63. The summed E-state index contributed by atoms with van der Waals surface area (Å²) < 4.78 is 5.00. The molecule has 132 valence electrons. The van der Waals surface area contributed by atoms with Crippen molar-refractivity contribution in [3.05, 3.63) is 23.9 Å². The van der Waals surface area contributed by atoms with E-state index in [1.54, 1.807) is 19.2 Å². The van der Waals surface area contributed by atoms with E-state index in [0.29, 0.717) is 44.2 Å². The Bertz CT molecular complexity index is 549. The lowest BCUT2D eigenvalue weighted by atomic mass is 10.2. The third-order valence-corrected chi connectivity index (χ3v) is 4.33. The average molecular weight is 334 g/mol. The van der Waals surface area contributed by atoms with Crippen LogP contribution >= 0.6 is 0 Å². The molecule has 1 aromatic rings. The molecule has 0 N–H and O–H groups in total. The summed E-state index contributed by atoms with van der Waals surface area (Å²) in [6.07, 6.45) is 1.54. The number of rotatable bonds is 6. The van der Waals surface area contributed by atoms with Gasteiger partial charge in [-0.15, -0.1) is 0 Å². The van der Waals surface area contributed by atoms with Crippen LogP contribution in [0.2, 0.25) is 0 Å². The molecule has 0 radical (unpaired) electrons. The van der Waals surface area contributed by atoms with Crippen LogP contribution in [-0.4, -0.2) is 84.4 Å². The third-order valence-electron chi connectivity index (χ3n) is 4.33. The second-order valence-corrected chi connectivity index (χ2v) is 5.72. The Balaban J connectivity index is 1.85. The molecule has 2 amide bonds. The lowest BCUT2D eigenvalue weighted by Crippen LogP contribution is -2.51. The van der Waals surface area contributed by atoms with Crippen LogP contribution in [0.25, 0.3) is 0 Å². The smallest absolute Gasteiger partial charge is 0.255 e. The Morgan fingerprint density at radius 2 is 1.83 bits per heavy atom. The van der Waals surface area contributed by atoms with Crippen LogP contribution in [0.4, 0.5) is 0 Å². The van der Waals surface area contributed by atoms with Crippen LogP contribution < -0.4 is 4.74 Å². The lowest BCUT2D eigenvalue weighted by molar-refractivity contribution is -0.132. The fraction of sp³-hybridized carbons (Fsp3) is 0.588. The molecule has 1 saturated heterocycles. The van der Waals surface area contributed by atoms with E-state index in [1.807, 2.05) is 23.6 Å². The van der Waals surface area contributed by atoms with Gasteiger partial charge >= 0.3 is 0 Å². The fourth-order valence-corrected chi connectivity index (χ4v) is 2.79. The Labute approximate surface area is 143 Å². The van der Waals surface area contributed by atoms with Gasteiger partial charge in [0.1, 0.15) is 0 Å². The first-order valence-corrected chi connectivity index (χ1v) is 8.38. The molecule has 24 heavy (non-hydrogen) atoms. The predicted molar refractivity (Wildman–Crippen MR) is 91.1 cm³/mol. The van der Waals surface area contributed by atoms with Gasteiger partial charge in [0.15, 0.2) is 0 Å². The third kappa shape index (κ3) is 4.44. The number of hydrogen-bond acceptors (Lipinski definition) is 5. The topological polar surface area (TPSA) is 66.0 Å². The number of nitrogens with zero attached hydrogens (tertiary/aromatic N) is 4. The largest absolute Gasteiger partial charge is 0.481 e. The van der Waals surface area contributed by atoms with E-state index < -0.39 is 0 Å². The number of amides is 2. The number of likely N-dealkylation sites (N-methyl/N-ethyl adjacent to an activating group) is 1. The first kappa shape index (κ1) is 18.2. The van der Waals surface area contributed by atoms with E-state index in [9.17, 15) is 9.59 Å². The maximum Gasteiger partial charge on any atom is 0.255 e. The standard InChI is InChI=1S/C17H26N4O3/c1-4-20(5-2)16(22)13-19-8-10-21(11-9-19)17(23)14-6-7-15(24-3)18-12-14/h6-7,12H,4-5,8-11,13H2,1-3H3. The number of pyridine rings is 1. The molecule has 0 saturated carbocycles. The molecule has 2 rings (SSSR count). The molecule has 0 aromatic carbocycles. The van der Waals surface area contributed by atoms with Crippen molar-refractivity contribution in [3.8, 4) is 5.88 Å². The zero-order chi connectivity index (χ0) is 17.5. The molecule has 0 unspecified atom stereocenters. The van der Waals surface area contributed by atoms with Crippen molar-refractivity contribution in [1.82, 2.24) is 19.7 Å². The summed E-state index contributed by atoms with van der Waals surface area (Å²) in [5.74, 6) is 0.616. The Hall–Kier alpha value is -2.15. The highest BCUT2D eigenvalue weighted by Crippen LogP contribution is 2.11. The molecule has 1 aliphatic heterocycles. The number of piperazine rings is 1. The van der Waals surface area contributed by atoms with Gasteiger partial charge in [0.2, 0.25) is 11.8 Å². The SMILES string of the molecule is CCN(CC)C(=O)CN1CCN(C(=O)c2ccc(OC)nc2)CC1. The molecule has 2 heterocycles. The van der Waals surface area contributed by atoms with E-state index in [4.69, 9.17) is 4.74 Å². The molecule has 1 fully saturated rings. The minimum atomic E-state index is -0.0279. The van der Waals surface area contributed by atoms with Gasteiger partial charge < -0.3 is 14.5 Å². The highest BCUT2D eigenvalue weighted by atomic mass is 16.5. The minimum absolute atomic E-state index is 0.0279. The maximum atomic E-state index is 12.5. The second-order valence-electron chi connectivity index (χ2n) is 5.72. The first-order chi connectivity index (χ1) is 11.6. The van der Waals surface area contributed by atoms with Crippen LogP contribution in [0.3, 0.4) is 0 Å². The van der Waals surface area contributed by atoms with Gasteiger partial charge in [-0.25, -0.2) is 4.98 Å². The molecule has 0 atom stereocenters. The Kier molecular flexibility index (Phi) is 6.54. The molecule has 7 heteroatoms. The monoisotopic (exact) mass is 334 g/mol. The van der Waals surface area contributed by atoms with Gasteiger partial charge in [-0.05, 0) is 19.9 Å². The summed E-state index contributed by atoms with van der Waals surface area (Å²) in [6, 6.07) is 3.41. The van der Waals surface area contributed by atoms with E-state index in [-0.39, 0.29) is 11.8 Å². The average Bonchev–Trinajstić information content (AvgIpc) is 2.63. The summed E-state index contributed by atoms with van der Waals surface area (Å²) in [5.41, 5.74) is 0.559. The number of hydrogen-bond donors (Lipinski definition) is 0. The van der Waals surface area contributed by atoms with E-state index in [2.05, 4.69) is 9.88 Å². The van der Waals surface area contributed by atoms with Gasteiger partial charge in [-0.3, -0.25) is 14.5 Å². The zero-order valence-corrected chi connectivity index (χ0v) is 14.7. The van der Waals surface area contributed by atoms with E-state index in [1.165, 1.54) is 6.20 Å². The number of carbonyl (C=O) groups excluding carboxylic acids is 2. The molecule has 0 aliphatic carbocycles. The van der Waals surface area contributed by atoms with Crippen molar-refractivity contribution in [2.45, 2.75) is 13.8 Å². The van der Waals surface area contributed by atoms with Crippen LogP contribution in [0.15, 0.2) is 18.3 Å². The van der Waals surface area contributed by atoms with Crippen LogP contribution in [0.5, 0.6) is 5.88 Å². The molecule has 7 nitrogen and oxygen atoms in total. The number of carbonyl (C=O) groups is 2. The van der Waals surface area contributed by atoms with Crippen LogP contribution in [0.1, 0.15) is 24.2 Å². The molecule has 0 spiro atoms. The van der Waals surface area contributed by atoms with E-state index in [0.717, 1.165) is 13.1 Å². The highest BCUT2D eigenvalue weighted by molar-refractivity contribution is 5.94. The Morgan fingerprint density at radius 3 is 2.33 bits per heavy atom. The molecular weight excluding hydrogens is 308 g/mol. The van der Waals surface area contributed by atoms with Crippen molar-refractivity contribution in [2.75, 3.05) is 52.9 Å². The van der Waals surface area contributed by atoms with Crippen molar-refractivity contribution >= 4 is 11.8 Å². The van der Waals surface area contributed by atoms with Crippen LogP contribution in [-0.2, 0) is 4.79 Å². The fourth-order valence-electron chi connectivity index (χ4n) is 2.79. The highest BCUT2D eigenvalue weighted by Gasteiger charge is 2.24. The predicted octanol–water partition coefficient (Wildman–Crippen LogP) is 0.716. The molecular formula is C17H26N4O3. The van der Waals surface area contributed by atoms with Crippen molar-refractivity contribution in [3.63, 3.8) is 0 Å². The van der Waals surface area contributed by atoms with Gasteiger partial charge in [0, 0.05) is 51.5 Å². The van der Waals surface area contributed by atoms with Gasteiger partial charge in [0.05, 0.1) is 19.2 Å².